The van der Waals surface area contributed by atoms with E-state index in [2.05, 4.69) is 21.0 Å². The summed E-state index contributed by atoms with van der Waals surface area (Å²) < 4.78 is 1.92. The van der Waals surface area contributed by atoms with E-state index < -0.39 is 0 Å². The van der Waals surface area contributed by atoms with Gasteiger partial charge in [0.25, 0.3) is 5.91 Å². The summed E-state index contributed by atoms with van der Waals surface area (Å²) in [6, 6.07) is 32.7. The van der Waals surface area contributed by atoms with Crippen molar-refractivity contribution in [3.05, 3.63) is 109 Å². The lowest BCUT2D eigenvalue weighted by molar-refractivity contribution is -0.119. The summed E-state index contributed by atoms with van der Waals surface area (Å²) in [6.07, 6.45) is 0. The highest BCUT2D eigenvalue weighted by Gasteiger charge is 2.17. The van der Waals surface area contributed by atoms with E-state index in [1.54, 1.807) is 12.1 Å². The second kappa shape index (κ2) is 10.2. The Kier molecular flexibility index (Phi) is 6.54. The molecule has 0 aliphatic heterocycles. The fourth-order valence-electron chi connectivity index (χ4n) is 3.64. The second-order valence-corrected chi connectivity index (χ2v) is 8.64. The Hall–Kier alpha value is -4.43. The van der Waals surface area contributed by atoms with Gasteiger partial charge in [0.1, 0.15) is 0 Å². The minimum Gasteiger partial charge on any atom is -0.272 e. The van der Waals surface area contributed by atoms with Crippen LogP contribution in [0.3, 0.4) is 0 Å². The molecule has 2 amide bonds. The molecule has 4 aromatic carbocycles. The fourth-order valence-corrected chi connectivity index (χ4v) is 4.39. The molecule has 1 heterocycles. The number of para-hydroxylation sites is 1. The molecule has 0 radical (unpaired) electrons. The molecule has 0 saturated heterocycles. The van der Waals surface area contributed by atoms with Crippen LogP contribution in [-0.2, 0) is 4.79 Å². The highest BCUT2D eigenvalue weighted by molar-refractivity contribution is 7.99. The van der Waals surface area contributed by atoms with E-state index in [-0.39, 0.29) is 17.6 Å². The van der Waals surface area contributed by atoms with E-state index in [0.29, 0.717) is 16.5 Å². The molecule has 5 aromatic rings. The largest absolute Gasteiger partial charge is 0.272 e. The number of nitrogens with one attached hydrogen (secondary N) is 2. The lowest BCUT2D eigenvalue weighted by Crippen LogP contribution is -2.42. The van der Waals surface area contributed by atoms with E-state index in [1.807, 2.05) is 95.6 Å². The number of thioether (sulfide) groups is 1. The van der Waals surface area contributed by atoms with Gasteiger partial charge >= 0.3 is 0 Å². The molecular formula is C27H21N5O2S. The summed E-state index contributed by atoms with van der Waals surface area (Å²) in [7, 11) is 0. The van der Waals surface area contributed by atoms with Crippen LogP contribution in [0.5, 0.6) is 0 Å². The maximum atomic E-state index is 12.5. The van der Waals surface area contributed by atoms with E-state index in [1.165, 1.54) is 11.8 Å². The summed E-state index contributed by atoms with van der Waals surface area (Å²) >= 11 is 1.24. The molecule has 0 atom stereocenters. The number of nitrogens with zero attached hydrogens (tertiary/aromatic N) is 3. The van der Waals surface area contributed by atoms with E-state index >= 15 is 0 Å². The average Bonchev–Trinajstić information content (AvgIpc) is 3.35. The fraction of sp³-hybridized carbons (Fsp3) is 0.0370. The van der Waals surface area contributed by atoms with Gasteiger partial charge in [-0.2, -0.15) is 0 Å². The third-order valence-corrected chi connectivity index (χ3v) is 6.27. The molecule has 2 N–H and O–H groups in total. The molecule has 0 bridgehead atoms. The van der Waals surface area contributed by atoms with Crippen LogP contribution in [0.25, 0.3) is 27.8 Å². The van der Waals surface area contributed by atoms with Gasteiger partial charge in [0.15, 0.2) is 11.0 Å². The Bertz CT molecular complexity index is 1490. The number of carbonyl (C=O) groups excluding carboxylic acids is 2. The molecule has 5 rings (SSSR count). The van der Waals surface area contributed by atoms with Crippen molar-refractivity contribution >= 4 is 34.3 Å². The van der Waals surface area contributed by atoms with Gasteiger partial charge < -0.3 is 0 Å². The first-order valence-electron chi connectivity index (χ1n) is 11.0. The first kappa shape index (κ1) is 22.4. The summed E-state index contributed by atoms with van der Waals surface area (Å²) in [5.74, 6) is 0.00263. The normalized spacial score (nSPS) is 10.7. The van der Waals surface area contributed by atoms with E-state index in [0.717, 1.165) is 22.0 Å². The smallest absolute Gasteiger partial charge is 0.269 e. The number of carbonyl (C=O) groups is 2. The molecule has 35 heavy (non-hydrogen) atoms. The van der Waals surface area contributed by atoms with Crippen molar-refractivity contribution in [2.24, 2.45) is 0 Å². The summed E-state index contributed by atoms with van der Waals surface area (Å²) in [5, 5.41) is 11.3. The number of fused-ring (bicyclic) bond motifs is 1. The monoisotopic (exact) mass is 479 g/mol. The zero-order chi connectivity index (χ0) is 24.0. The molecule has 0 aliphatic rings. The Labute approximate surface area is 206 Å². The predicted molar refractivity (Wildman–Crippen MR) is 137 cm³/mol. The maximum absolute atomic E-state index is 12.5. The first-order valence-corrected chi connectivity index (χ1v) is 11.9. The van der Waals surface area contributed by atoms with Crippen LogP contribution < -0.4 is 10.9 Å². The van der Waals surface area contributed by atoms with Crippen molar-refractivity contribution in [3.8, 4) is 17.1 Å². The Morgan fingerprint density at radius 1 is 0.743 bits per heavy atom. The van der Waals surface area contributed by atoms with Gasteiger partial charge in [-0.15, -0.1) is 10.2 Å². The molecule has 8 heteroatoms. The van der Waals surface area contributed by atoms with Crippen LogP contribution in [0.1, 0.15) is 10.4 Å². The van der Waals surface area contributed by atoms with Crippen molar-refractivity contribution < 1.29 is 9.59 Å². The minimum absolute atomic E-state index is 0.0533. The highest BCUT2D eigenvalue weighted by Crippen LogP contribution is 2.27. The number of benzene rings is 4. The second-order valence-electron chi connectivity index (χ2n) is 7.70. The summed E-state index contributed by atoms with van der Waals surface area (Å²) in [5.41, 5.74) is 7.24. The van der Waals surface area contributed by atoms with Crippen LogP contribution in [0, 0.1) is 0 Å². The van der Waals surface area contributed by atoms with Gasteiger partial charge in [0.2, 0.25) is 5.91 Å². The third-order valence-electron chi connectivity index (χ3n) is 5.34. The van der Waals surface area contributed by atoms with Crippen LogP contribution >= 0.6 is 11.8 Å². The predicted octanol–water partition coefficient (Wildman–Crippen LogP) is 4.64. The first-order chi connectivity index (χ1) is 17.2. The van der Waals surface area contributed by atoms with Crippen LogP contribution in [0.15, 0.2) is 108 Å². The molecule has 0 saturated carbocycles. The Morgan fingerprint density at radius 2 is 1.43 bits per heavy atom. The quantitative estimate of drug-likeness (QED) is 0.274. The van der Waals surface area contributed by atoms with Crippen molar-refractivity contribution in [2.75, 3.05) is 5.75 Å². The molecular weight excluding hydrogens is 458 g/mol. The number of hydrogen-bond acceptors (Lipinski definition) is 5. The standard InChI is InChI=1S/C27H21N5O2S/c33-24(28-30-26(34)22-16-15-19-9-7-8-12-21(19)17-22)18-35-27-31-29-25(20-10-3-1-4-11-20)32(27)23-13-5-2-6-14-23/h1-17H,18H2,(H,28,33)(H,30,34). The number of rotatable bonds is 6. The number of hydrazine groups is 1. The minimum atomic E-state index is -0.382. The van der Waals surface area contributed by atoms with Gasteiger partial charge in [-0.25, -0.2) is 0 Å². The van der Waals surface area contributed by atoms with Crippen molar-refractivity contribution in [2.45, 2.75) is 5.16 Å². The molecule has 0 spiro atoms. The van der Waals surface area contributed by atoms with Gasteiger partial charge in [0, 0.05) is 16.8 Å². The molecule has 172 valence electrons. The highest BCUT2D eigenvalue weighted by atomic mass is 32.2. The van der Waals surface area contributed by atoms with Crippen molar-refractivity contribution in [1.29, 1.82) is 0 Å². The van der Waals surface area contributed by atoms with E-state index in [9.17, 15) is 9.59 Å². The molecule has 0 unspecified atom stereocenters. The third kappa shape index (κ3) is 5.07. The molecule has 0 fully saturated rings. The van der Waals surface area contributed by atoms with Crippen LogP contribution in [0.4, 0.5) is 0 Å². The van der Waals surface area contributed by atoms with Gasteiger partial charge in [-0.1, -0.05) is 90.6 Å². The maximum Gasteiger partial charge on any atom is 0.269 e. The molecule has 0 aliphatic carbocycles. The molecule has 1 aromatic heterocycles. The number of amides is 2. The van der Waals surface area contributed by atoms with Gasteiger partial charge in [-0.3, -0.25) is 25.0 Å². The van der Waals surface area contributed by atoms with Gasteiger partial charge in [-0.05, 0) is 35.0 Å². The van der Waals surface area contributed by atoms with Gasteiger partial charge in [0.05, 0.1) is 5.75 Å². The SMILES string of the molecule is O=C(CSc1nnc(-c2ccccc2)n1-c1ccccc1)NNC(=O)c1ccc2ccccc2c1. The molecule has 7 nitrogen and oxygen atoms in total. The Balaban J connectivity index is 1.26. The zero-order valence-corrected chi connectivity index (χ0v) is 19.4. The summed E-state index contributed by atoms with van der Waals surface area (Å²) in [4.78, 5) is 25.0. The zero-order valence-electron chi connectivity index (χ0n) is 18.6. The number of hydrogen-bond donors (Lipinski definition) is 2. The van der Waals surface area contributed by atoms with E-state index in [4.69, 9.17) is 0 Å². The average molecular weight is 480 g/mol. The topological polar surface area (TPSA) is 88.9 Å². The van der Waals surface area contributed by atoms with Crippen LogP contribution in [-0.4, -0.2) is 32.3 Å². The lowest BCUT2D eigenvalue weighted by atomic mass is 10.1. The number of aromatic nitrogens is 3. The van der Waals surface area contributed by atoms with Crippen LogP contribution in [0.2, 0.25) is 0 Å². The van der Waals surface area contributed by atoms with Crippen molar-refractivity contribution in [3.63, 3.8) is 0 Å². The summed E-state index contributed by atoms with van der Waals surface area (Å²) in [6.45, 7) is 0. The lowest BCUT2D eigenvalue weighted by Gasteiger charge is -2.11. The Morgan fingerprint density at radius 3 is 2.20 bits per heavy atom. The van der Waals surface area contributed by atoms with Crippen molar-refractivity contribution in [1.82, 2.24) is 25.6 Å².